The Morgan fingerprint density at radius 2 is 2.05 bits per heavy atom. The Morgan fingerprint density at radius 3 is 2.71 bits per heavy atom. The van der Waals surface area contributed by atoms with Gasteiger partial charge in [-0.25, -0.2) is 0 Å². The van der Waals surface area contributed by atoms with Crippen molar-refractivity contribution in [2.24, 2.45) is 5.92 Å². The smallest absolute Gasteiger partial charge is 0.223 e. The normalized spacial score (nSPS) is 20.2. The maximum atomic E-state index is 12.1. The van der Waals surface area contributed by atoms with Crippen molar-refractivity contribution in [3.8, 4) is 5.75 Å². The second-order valence-electron chi connectivity index (χ2n) is 6.18. The highest BCUT2D eigenvalue weighted by Gasteiger charge is 2.29. The molecule has 1 amide bonds. The molecule has 4 nitrogen and oxygen atoms in total. The third-order valence-corrected chi connectivity index (χ3v) is 4.42. The van der Waals surface area contributed by atoms with E-state index in [-0.39, 0.29) is 11.8 Å². The van der Waals surface area contributed by atoms with Crippen LogP contribution < -0.4 is 10.1 Å². The molecule has 1 saturated heterocycles. The molecule has 1 heterocycles. The van der Waals surface area contributed by atoms with E-state index in [0.29, 0.717) is 6.04 Å². The quantitative estimate of drug-likeness (QED) is 0.903. The third kappa shape index (κ3) is 3.97. The summed E-state index contributed by atoms with van der Waals surface area (Å²) in [6, 6.07) is 8.70. The van der Waals surface area contributed by atoms with Crippen LogP contribution in [0.2, 0.25) is 0 Å². The largest absolute Gasteiger partial charge is 0.497 e. The van der Waals surface area contributed by atoms with E-state index >= 15 is 0 Å². The molecule has 1 aromatic carbocycles. The van der Waals surface area contributed by atoms with Gasteiger partial charge in [0.05, 0.1) is 7.11 Å². The van der Waals surface area contributed by atoms with Crippen molar-refractivity contribution in [3.63, 3.8) is 0 Å². The average molecular weight is 288 g/mol. The zero-order valence-electron chi connectivity index (χ0n) is 12.7. The summed E-state index contributed by atoms with van der Waals surface area (Å²) in [6.07, 6.45) is 4.28. The molecule has 3 rings (SSSR count). The molecule has 0 spiro atoms. The summed E-state index contributed by atoms with van der Waals surface area (Å²) in [5.74, 6) is 1.40. The van der Waals surface area contributed by atoms with Crippen LogP contribution in [0.3, 0.4) is 0 Å². The first-order valence-corrected chi connectivity index (χ1v) is 7.90. The highest BCUT2D eigenvalue weighted by atomic mass is 16.5. The summed E-state index contributed by atoms with van der Waals surface area (Å²) in [7, 11) is 1.70. The minimum atomic E-state index is 0.215. The lowest BCUT2D eigenvalue weighted by Gasteiger charge is -2.31. The Bertz CT molecular complexity index is 491. The van der Waals surface area contributed by atoms with Gasteiger partial charge in [-0.1, -0.05) is 12.1 Å². The number of piperidine rings is 1. The van der Waals surface area contributed by atoms with Crippen molar-refractivity contribution < 1.29 is 9.53 Å². The Labute approximate surface area is 126 Å². The van der Waals surface area contributed by atoms with Gasteiger partial charge in [0, 0.05) is 18.5 Å². The first-order chi connectivity index (χ1) is 10.2. The molecule has 0 atom stereocenters. The molecule has 1 aliphatic heterocycles. The van der Waals surface area contributed by atoms with Gasteiger partial charge in [0.2, 0.25) is 5.91 Å². The number of hydrogen-bond donors (Lipinski definition) is 1. The van der Waals surface area contributed by atoms with Gasteiger partial charge >= 0.3 is 0 Å². The summed E-state index contributed by atoms with van der Waals surface area (Å²) in [5, 5.41) is 3.13. The van der Waals surface area contributed by atoms with E-state index in [1.807, 2.05) is 12.1 Å². The molecule has 114 valence electrons. The first kappa shape index (κ1) is 14.4. The Morgan fingerprint density at radius 1 is 1.29 bits per heavy atom. The van der Waals surface area contributed by atoms with Gasteiger partial charge in [-0.05, 0) is 56.5 Å². The third-order valence-electron chi connectivity index (χ3n) is 4.42. The van der Waals surface area contributed by atoms with E-state index in [4.69, 9.17) is 4.74 Å². The van der Waals surface area contributed by atoms with Gasteiger partial charge in [0.25, 0.3) is 0 Å². The summed E-state index contributed by atoms with van der Waals surface area (Å²) < 4.78 is 5.26. The molecule has 0 unspecified atom stereocenters. The van der Waals surface area contributed by atoms with Gasteiger partial charge in [-0.3, -0.25) is 9.69 Å². The predicted molar refractivity (Wildman–Crippen MR) is 82.2 cm³/mol. The van der Waals surface area contributed by atoms with Crippen molar-refractivity contribution in [1.82, 2.24) is 10.2 Å². The number of carbonyl (C=O) groups excluding carboxylic acids is 1. The van der Waals surface area contributed by atoms with Crippen LogP contribution >= 0.6 is 0 Å². The molecule has 0 aromatic heterocycles. The van der Waals surface area contributed by atoms with E-state index in [1.54, 1.807) is 7.11 Å². The van der Waals surface area contributed by atoms with Crippen LogP contribution in [-0.2, 0) is 11.3 Å². The standard InChI is InChI=1S/C17H24N2O2/c1-21-16-4-2-3-13(11-16)12-19-9-7-14(8-10-19)17(20)18-15-5-6-15/h2-4,11,14-15H,5-10,12H2,1H3,(H,18,20). The number of hydrogen-bond acceptors (Lipinski definition) is 3. The van der Waals surface area contributed by atoms with Crippen LogP contribution in [-0.4, -0.2) is 37.0 Å². The molecule has 21 heavy (non-hydrogen) atoms. The summed E-state index contributed by atoms with van der Waals surface area (Å²) >= 11 is 0. The van der Waals surface area contributed by atoms with Gasteiger partial charge in [0.1, 0.15) is 5.75 Å². The van der Waals surface area contributed by atoms with Crippen molar-refractivity contribution in [1.29, 1.82) is 0 Å². The van der Waals surface area contributed by atoms with Crippen molar-refractivity contribution >= 4 is 5.91 Å². The zero-order chi connectivity index (χ0) is 14.7. The highest BCUT2D eigenvalue weighted by molar-refractivity contribution is 5.79. The summed E-state index contributed by atoms with van der Waals surface area (Å²) in [5.41, 5.74) is 1.27. The molecule has 0 bridgehead atoms. The molecular formula is C17H24N2O2. The monoisotopic (exact) mass is 288 g/mol. The molecule has 2 aliphatic rings. The van der Waals surface area contributed by atoms with Crippen molar-refractivity contribution in [2.45, 2.75) is 38.3 Å². The fraction of sp³-hybridized carbons (Fsp3) is 0.588. The van der Waals surface area contributed by atoms with Crippen molar-refractivity contribution in [2.75, 3.05) is 20.2 Å². The zero-order valence-corrected chi connectivity index (χ0v) is 12.7. The van der Waals surface area contributed by atoms with Crippen LogP contribution in [0.15, 0.2) is 24.3 Å². The molecule has 1 aliphatic carbocycles. The van der Waals surface area contributed by atoms with E-state index in [9.17, 15) is 4.79 Å². The lowest BCUT2D eigenvalue weighted by atomic mass is 9.95. The molecule has 4 heteroatoms. The second kappa shape index (κ2) is 6.48. The second-order valence-corrected chi connectivity index (χ2v) is 6.18. The molecule has 0 radical (unpaired) electrons. The van der Waals surface area contributed by atoms with Crippen LogP contribution in [0.25, 0.3) is 0 Å². The van der Waals surface area contributed by atoms with Gasteiger partial charge < -0.3 is 10.1 Å². The fourth-order valence-corrected chi connectivity index (χ4v) is 2.93. The Hall–Kier alpha value is -1.55. The number of rotatable bonds is 5. The Kier molecular flexibility index (Phi) is 4.44. The predicted octanol–water partition coefficient (Wildman–Crippen LogP) is 2.19. The molecule has 1 saturated carbocycles. The fourth-order valence-electron chi connectivity index (χ4n) is 2.93. The van der Waals surface area contributed by atoms with Crippen LogP contribution in [0.1, 0.15) is 31.2 Å². The molecule has 1 aromatic rings. The lowest BCUT2D eigenvalue weighted by Crippen LogP contribution is -2.40. The maximum Gasteiger partial charge on any atom is 0.223 e. The average Bonchev–Trinajstić information content (AvgIpc) is 3.32. The van der Waals surface area contributed by atoms with Crippen LogP contribution in [0, 0.1) is 5.92 Å². The molecular weight excluding hydrogens is 264 g/mol. The van der Waals surface area contributed by atoms with E-state index in [0.717, 1.165) is 38.2 Å². The first-order valence-electron chi connectivity index (χ1n) is 7.90. The Balaban J connectivity index is 1.47. The topological polar surface area (TPSA) is 41.6 Å². The van der Waals surface area contributed by atoms with Crippen molar-refractivity contribution in [3.05, 3.63) is 29.8 Å². The molecule has 1 N–H and O–H groups in total. The SMILES string of the molecule is COc1cccc(CN2CCC(C(=O)NC3CC3)CC2)c1. The number of methoxy groups -OCH3 is 1. The molecule has 2 fully saturated rings. The minimum absolute atomic E-state index is 0.215. The van der Waals surface area contributed by atoms with Crippen LogP contribution in [0.5, 0.6) is 5.75 Å². The summed E-state index contributed by atoms with van der Waals surface area (Å²) in [6.45, 7) is 2.94. The van der Waals surface area contributed by atoms with Gasteiger partial charge in [0.15, 0.2) is 0 Å². The highest BCUT2D eigenvalue weighted by Crippen LogP contribution is 2.23. The lowest BCUT2D eigenvalue weighted by molar-refractivity contribution is -0.126. The number of nitrogens with one attached hydrogen (secondary N) is 1. The number of amides is 1. The number of ether oxygens (including phenoxy) is 1. The maximum absolute atomic E-state index is 12.1. The van der Waals surface area contributed by atoms with Crippen LogP contribution in [0.4, 0.5) is 0 Å². The van der Waals surface area contributed by atoms with E-state index in [1.165, 1.54) is 18.4 Å². The minimum Gasteiger partial charge on any atom is -0.497 e. The van der Waals surface area contributed by atoms with E-state index < -0.39 is 0 Å². The number of carbonyl (C=O) groups is 1. The number of nitrogens with zero attached hydrogens (tertiary/aromatic N) is 1. The number of likely N-dealkylation sites (tertiary alicyclic amines) is 1. The summed E-state index contributed by atoms with van der Waals surface area (Å²) in [4.78, 5) is 14.5. The van der Waals surface area contributed by atoms with Gasteiger partial charge in [-0.15, -0.1) is 0 Å². The van der Waals surface area contributed by atoms with E-state index in [2.05, 4.69) is 22.3 Å². The number of benzene rings is 1. The van der Waals surface area contributed by atoms with Gasteiger partial charge in [-0.2, -0.15) is 0 Å².